The van der Waals surface area contributed by atoms with Gasteiger partial charge in [0.1, 0.15) is 28.2 Å². The summed E-state index contributed by atoms with van der Waals surface area (Å²) >= 11 is 0. The van der Waals surface area contributed by atoms with Crippen LogP contribution in [0.4, 0.5) is 0 Å². The van der Waals surface area contributed by atoms with Crippen molar-refractivity contribution in [2.24, 2.45) is 0 Å². The molecule has 0 saturated heterocycles. The molecule has 2 N–H and O–H groups in total. The summed E-state index contributed by atoms with van der Waals surface area (Å²) in [5.74, 6) is -0.0544. The normalized spacial score (nSPS) is 10.9. The second kappa shape index (κ2) is 9.78. The minimum atomic E-state index is -0.758. The Morgan fingerprint density at radius 3 is 2.45 bits per heavy atom. The molecule has 0 aliphatic carbocycles. The molecule has 0 bridgehead atoms. The number of unbranched alkanes of at least 4 members (excludes halogenated alkanes) is 4. The lowest BCUT2D eigenvalue weighted by Crippen LogP contribution is -2.02. The predicted molar refractivity (Wildman–Crippen MR) is 110 cm³/mol. The van der Waals surface area contributed by atoms with E-state index in [1.54, 1.807) is 6.07 Å². The van der Waals surface area contributed by atoms with Crippen LogP contribution < -0.4 is 10.2 Å². The number of hydrogen-bond donors (Lipinski definition) is 2. The van der Waals surface area contributed by atoms with E-state index in [0.717, 1.165) is 31.2 Å². The van der Waals surface area contributed by atoms with Crippen molar-refractivity contribution in [3.05, 3.63) is 58.8 Å². The molecule has 2 aromatic carbocycles. The molecular formula is C23H24O6. The number of carboxylic acid groups (broad SMARTS) is 1. The van der Waals surface area contributed by atoms with Crippen LogP contribution in [0.3, 0.4) is 0 Å². The van der Waals surface area contributed by atoms with E-state index in [1.807, 2.05) is 30.3 Å². The molecule has 1 heterocycles. The lowest BCUT2D eigenvalue weighted by atomic mass is 10.1. The Balaban J connectivity index is 1.64. The van der Waals surface area contributed by atoms with Crippen molar-refractivity contribution in [2.45, 2.75) is 38.5 Å². The fraction of sp³-hybridized carbons (Fsp3) is 0.304. The molecule has 0 radical (unpaired) electrons. The van der Waals surface area contributed by atoms with Crippen LogP contribution in [0.2, 0.25) is 0 Å². The van der Waals surface area contributed by atoms with Gasteiger partial charge in [0, 0.05) is 30.2 Å². The maximum atomic E-state index is 12.4. The summed E-state index contributed by atoms with van der Waals surface area (Å²) in [4.78, 5) is 22.9. The van der Waals surface area contributed by atoms with Gasteiger partial charge in [0.25, 0.3) is 0 Å². The van der Waals surface area contributed by atoms with Gasteiger partial charge in [0.15, 0.2) is 5.43 Å². The molecule has 0 fully saturated rings. The Kier molecular flexibility index (Phi) is 6.89. The lowest BCUT2D eigenvalue weighted by Gasteiger charge is -2.09. The van der Waals surface area contributed by atoms with E-state index >= 15 is 0 Å². The van der Waals surface area contributed by atoms with Gasteiger partial charge in [-0.15, -0.1) is 0 Å². The summed E-state index contributed by atoms with van der Waals surface area (Å²) in [5.41, 5.74) is 0.746. The quantitative estimate of drug-likeness (QED) is 0.470. The van der Waals surface area contributed by atoms with Crippen molar-refractivity contribution in [3.63, 3.8) is 0 Å². The number of hydrogen-bond acceptors (Lipinski definition) is 5. The van der Waals surface area contributed by atoms with Crippen molar-refractivity contribution in [1.82, 2.24) is 0 Å². The average Bonchev–Trinajstić information content (AvgIpc) is 2.70. The maximum absolute atomic E-state index is 12.4. The van der Waals surface area contributed by atoms with Crippen molar-refractivity contribution in [3.8, 4) is 22.8 Å². The Morgan fingerprint density at radius 2 is 1.69 bits per heavy atom. The first-order valence-corrected chi connectivity index (χ1v) is 9.75. The molecule has 0 spiro atoms. The highest BCUT2D eigenvalue weighted by atomic mass is 16.5. The molecule has 0 unspecified atom stereocenters. The zero-order valence-corrected chi connectivity index (χ0v) is 16.1. The first kappa shape index (κ1) is 20.5. The zero-order valence-electron chi connectivity index (χ0n) is 16.1. The number of fused-ring (bicyclic) bond motifs is 1. The summed E-state index contributed by atoms with van der Waals surface area (Å²) in [6.45, 7) is 0.465. The summed E-state index contributed by atoms with van der Waals surface area (Å²) in [7, 11) is 0. The number of aliphatic carboxylic acids is 1. The highest BCUT2D eigenvalue weighted by Crippen LogP contribution is 2.31. The Bertz CT molecular complexity index is 1020. The fourth-order valence-corrected chi connectivity index (χ4v) is 3.17. The topological polar surface area (TPSA) is 97.0 Å². The molecule has 152 valence electrons. The van der Waals surface area contributed by atoms with Gasteiger partial charge in [-0.25, -0.2) is 0 Å². The van der Waals surface area contributed by atoms with Crippen LogP contribution in [0.1, 0.15) is 38.5 Å². The smallest absolute Gasteiger partial charge is 0.303 e. The van der Waals surface area contributed by atoms with Crippen molar-refractivity contribution in [2.75, 3.05) is 6.61 Å². The molecule has 0 amide bonds. The maximum Gasteiger partial charge on any atom is 0.303 e. The molecule has 3 rings (SSSR count). The fourth-order valence-electron chi connectivity index (χ4n) is 3.17. The minimum absolute atomic E-state index is 0.135. The van der Waals surface area contributed by atoms with Crippen molar-refractivity contribution < 1.29 is 24.2 Å². The molecule has 3 aromatic rings. The van der Waals surface area contributed by atoms with E-state index in [9.17, 15) is 14.7 Å². The number of phenols is 1. The van der Waals surface area contributed by atoms with Crippen LogP contribution in [-0.4, -0.2) is 22.8 Å². The monoisotopic (exact) mass is 396 g/mol. The zero-order chi connectivity index (χ0) is 20.6. The minimum Gasteiger partial charge on any atom is -0.507 e. The number of aromatic hydroxyl groups is 1. The Hall–Kier alpha value is -3.28. The average molecular weight is 396 g/mol. The van der Waals surface area contributed by atoms with Gasteiger partial charge >= 0.3 is 5.97 Å². The van der Waals surface area contributed by atoms with Crippen LogP contribution >= 0.6 is 0 Å². The van der Waals surface area contributed by atoms with E-state index in [4.69, 9.17) is 14.3 Å². The van der Waals surface area contributed by atoms with E-state index in [2.05, 4.69) is 0 Å². The number of ether oxygens (including phenoxy) is 1. The first-order valence-electron chi connectivity index (χ1n) is 9.75. The standard InChI is InChI=1S/C23H24O6/c24-18-13-17(28-12-8-3-1-2-7-11-22(26)27)14-21-23(18)19(25)15-20(29-21)16-9-5-4-6-10-16/h4-6,9-10,13-15,24H,1-3,7-8,11-12H2,(H,26,27). The van der Waals surface area contributed by atoms with Crippen LogP contribution in [0.15, 0.2) is 57.7 Å². The number of rotatable bonds is 10. The molecule has 0 atom stereocenters. The summed E-state index contributed by atoms with van der Waals surface area (Å²) in [5, 5.41) is 19.0. The van der Waals surface area contributed by atoms with E-state index in [-0.39, 0.29) is 28.6 Å². The highest BCUT2D eigenvalue weighted by Gasteiger charge is 2.12. The van der Waals surface area contributed by atoms with Crippen LogP contribution in [0.5, 0.6) is 11.5 Å². The molecule has 6 nitrogen and oxygen atoms in total. The highest BCUT2D eigenvalue weighted by molar-refractivity contribution is 5.86. The lowest BCUT2D eigenvalue weighted by molar-refractivity contribution is -0.137. The number of benzene rings is 2. The second-order valence-corrected chi connectivity index (χ2v) is 6.92. The van der Waals surface area contributed by atoms with Crippen LogP contribution in [-0.2, 0) is 4.79 Å². The third-order valence-corrected chi connectivity index (χ3v) is 4.65. The molecule has 0 aliphatic rings. The van der Waals surface area contributed by atoms with E-state index in [1.165, 1.54) is 12.1 Å². The van der Waals surface area contributed by atoms with Gasteiger partial charge < -0.3 is 19.4 Å². The predicted octanol–water partition coefficient (Wildman–Crippen LogP) is 4.97. The van der Waals surface area contributed by atoms with Gasteiger partial charge in [-0.1, -0.05) is 49.6 Å². The third-order valence-electron chi connectivity index (χ3n) is 4.65. The van der Waals surface area contributed by atoms with Gasteiger partial charge in [0.2, 0.25) is 0 Å². The molecule has 6 heteroatoms. The van der Waals surface area contributed by atoms with Gasteiger partial charge in [0.05, 0.1) is 6.61 Å². The molecule has 29 heavy (non-hydrogen) atoms. The molecular weight excluding hydrogens is 372 g/mol. The second-order valence-electron chi connectivity index (χ2n) is 6.92. The van der Waals surface area contributed by atoms with Gasteiger partial charge in [-0.2, -0.15) is 0 Å². The number of phenolic OH excluding ortho intramolecular Hbond substituents is 1. The summed E-state index contributed by atoms with van der Waals surface area (Å²) < 4.78 is 11.6. The first-order chi connectivity index (χ1) is 14.0. The third kappa shape index (κ3) is 5.60. The summed E-state index contributed by atoms with van der Waals surface area (Å²) in [6.07, 6.45) is 4.50. The number of carbonyl (C=O) groups is 1. The van der Waals surface area contributed by atoms with Crippen LogP contribution in [0, 0.1) is 0 Å². The summed E-state index contributed by atoms with van der Waals surface area (Å²) in [6, 6.07) is 13.7. The molecule has 1 aromatic heterocycles. The van der Waals surface area contributed by atoms with E-state index in [0.29, 0.717) is 24.5 Å². The molecule has 0 aliphatic heterocycles. The Labute approximate surface area is 168 Å². The van der Waals surface area contributed by atoms with Crippen molar-refractivity contribution >= 4 is 16.9 Å². The van der Waals surface area contributed by atoms with Gasteiger partial charge in [-0.3, -0.25) is 9.59 Å². The largest absolute Gasteiger partial charge is 0.507 e. The Morgan fingerprint density at radius 1 is 0.966 bits per heavy atom. The van der Waals surface area contributed by atoms with Crippen LogP contribution in [0.25, 0.3) is 22.3 Å². The number of carboxylic acids is 1. The SMILES string of the molecule is O=C(O)CCCCCCCOc1cc(O)c2c(=O)cc(-c3ccccc3)oc2c1. The van der Waals surface area contributed by atoms with Gasteiger partial charge in [-0.05, 0) is 12.8 Å². The van der Waals surface area contributed by atoms with E-state index < -0.39 is 5.97 Å². The molecule has 0 saturated carbocycles. The van der Waals surface area contributed by atoms with Crippen molar-refractivity contribution in [1.29, 1.82) is 0 Å².